The fourth-order valence-electron chi connectivity index (χ4n) is 1.88. The van der Waals surface area contributed by atoms with Crippen LogP contribution in [0, 0.1) is 13.8 Å². The fraction of sp³-hybridized carbons (Fsp3) is 0.231. The molecule has 3 N–H and O–H groups in total. The summed E-state index contributed by atoms with van der Waals surface area (Å²) < 4.78 is 0. The first-order valence-electron chi connectivity index (χ1n) is 5.27. The molecule has 1 aromatic heterocycles. The van der Waals surface area contributed by atoms with Gasteiger partial charge in [-0.15, -0.1) is 0 Å². The summed E-state index contributed by atoms with van der Waals surface area (Å²) in [5, 5.41) is 4.21. The number of thiophene rings is 1. The van der Waals surface area contributed by atoms with Gasteiger partial charge >= 0.3 is 0 Å². The summed E-state index contributed by atoms with van der Waals surface area (Å²) in [6, 6.07) is 8.65. The zero-order valence-electron chi connectivity index (χ0n) is 9.53. The molecule has 0 fully saturated rings. The molecule has 84 valence electrons. The molecule has 16 heavy (non-hydrogen) atoms. The van der Waals surface area contributed by atoms with E-state index in [2.05, 4.69) is 54.3 Å². The molecule has 0 aliphatic rings. The maximum atomic E-state index is 5.67. The Kier molecular flexibility index (Phi) is 3.39. The van der Waals surface area contributed by atoms with Crippen molar-refractivity contribution in [3.8, 4) is 0 Å². The Morgan fingerprint density at radius 1 is 1.25 bits per heavy atom. The van der Waals surface area contributed by atoms with E-state index in [1.807, 2.05) is 0 Å². The van der Waals surface area contributed by atoms with Crippen molar-refractivity contribution in [2.45, 2.75) is 19.9 Å². The lowest BCUT2D eigenvalue weighted by atomic mass is 9.96. The van der Waals surface area contributed by atoms with Crippen LogP contribution in [0.25, 0.3) is 0 Å². The molecule has 1 unspecified atom stereocenters. The summed E-state index contributed by atoms with van der Waals surface area (Å²) in [5.74, 6) is 5.67. The summed E-state index contributed by atoms with van der Waals surface area (Å²) in [4.78, 5) is 0. The van der Waals surface area contributed by atoms with Crippen LogP contribution in [0.1, 0.15) is 28.3 Å². The van der Waals surface area contributed by atoms with Crippen LogP contribution in [0.3, 0.4) is 0 Å². The Hall–Kier alpha value is -1.16. The van der Waals surface area contributed by atoms with Crippen molar-refractivity contribution >= 4 is 11.3 Å². The zero-order valence-corrected chi connectivity index (χ0v) is 10.3. The lowest BCUT2D eigenvalue weighted by molar-refractivity contribution is 0.635. The monoisotopic (exact) mass is 232 g/mol. The largest absolute Gasteiger partial charge is 0.271 e. The van der Waals surface area contributed by atoms with Crippen LogP contribution in [0.15, 0.2) is 35.0 Å². The molecule has 0 bridgehead atoms. The molecular weight excluding hydrogens is 216 g/mol. The summed E-state index contributed by atoms with van der Waals surface area (Å²) in [5.41, 5.74) is 7.89. The molecule has 0 saturated heterocycles. The topological polar surface area (TPSA) is 38.0 Å². The van der Waals surface area contributed by atoms with E-state index in [1.54, 1.807) is 11.3 Å². The standard InChI is InChI=1S/C13H16N2S/c1-9-3-4-10(2)12(7-9)13(15-14)11-5-6-16-8-11/h3-8,13,15H,14H2,1-2H3. The molecule has 3 heteroatoms. The lowest BCUT2D eigenvalue weighted by Crippen LogP contribution is -2.29. The van der Waals surface area contributed by atoms with Crippen molar-refractivity contribution in [2.24, 2.45) is 5.84 Å². The first-order valence-corrected chi connectivity index (χ1v) is 6.22. The number of hydrazine groups is 1. The third-order valence-corrected chi connectivity index (χ3v) is 3.49. The van der Waals surface area contributed by atoms with Gasteiger partial charge < -0.3 is 0 Å². The Morgan fingerprint density at radius 2 is 2.06 bits per heavy atom. The van der Waals surface area contributed by atoms with E-state index >= 15 is 0 Å². The average molecular weight is 232 g/mol. The molecule has 1 aromatic carbocycles. The third kappa shape index (κ3) is 2.16. The van der Waals surface area contributed by atoms with Crippen molar-refractivity contribution in [1.29, 1.82) is 0 Å². The average Bonchev–Trinajstić information content (AvgIpc) is 2.78. The predicted molar refractivity (Wildman–Crippen MR) is 69.4 cm³/mol. The molecule has 0 amide bonds. The summed E-state index contributed by atoms with van der Waals surface area (Å²) in [7, 11) is 0. The van der Waals surface area contributed by atoms with Crippen LogP contribution in [0.2, 0.25) is 0 Å². The minimum Gasteiger partial charge on any atom is -0.271 e. The van der Waals surface area contributed by atoms with Crippen molar-refractivity contribution in [3.63, 3.8) is 0 Å². The number of hydrogen-bond acceptors (Lipinski definition) is 3. The van der Waals surface area contributed by atoms with E-state index < -0.39 is 0 Å². The van der Waals surface area contributed by atoms with Gasteiger partial charge in [-0.1, -0.05) is 23.8 Å². The Labute approximate surface area is 100 Å². The summed E-state index contributed by atoms with van der Waals surface area (Å²) in [6.45, 7) is 4.22. The predicted octanol–water partition coefficient (Wildman–Crippen LogP) is 2.92. The van der Waals surface area contributed by atoms with Crippen molar-refractivity contribution < 1.29 is 0 Å². The van der Waals surface area contributed by atoms with Gasteiger partial charge in [-0.25, -0.2) is 5.43 Å². The highest BCUT2D eigenvalue weighted by Gasteiger charge is 2.14. The van der Waals surface area contributed by atoms with Crippen molar-refractivity contribution in [1.82, 2.24) is 5.43 Å². The molecule has 1 heterocycles. The van der Waals surface area contributed by atoms with Gasteiger partial charge in [0.25, 0.3) is 0 Å². The van der Waals surface area contributed by atoms with Gasteiger partial charge in [-0.3, -0.25) is 5.84 Å². The van der Waals surface area contributed by atoms with Crippen molar-refractivity contribution in [3.05, 3.63) is 57.3 Å². The van der Waals surface area contributed by atoms with Crippen LogP contribution in [0.5, 0.6) is 0 Å². The minimum atomic E-state index is 0.0890. The normalized spacial score (nSPS) is 12.7. The maximum absolute atomic E-state index is 5.67. The highest BCUT2D eigenvalue weighted by Crippen LogP contribution is 2.26. The third-order valence-electron chi connectivity index (χ3n) is 2.79. The number of rotatable bonds is 3. The quantitative estimate of drug-likeness (QED) is 0.631. The summed E-state index contributed by atoms with van der Waals surface area (Å²) >= 11 is 1.69. The smallest absolute Gasteiger partial charge is 0.0720 e. The first-order chi connectivity index (χ1) is 7.72. The highest BCUT2D eigenvalue weighted by atomic mass is 32.1. The molecular formula is C13H16N2S. The first kappa shape index (κ1) is 11.3. The van der Waals surface area contributed by atoms with Crippen LogP contribution in [0.4, 0.5) is 0 Å². The minimum absolute atomic E-state index is 0.0890. The number of aryl methyl sites for hydroxylation is 2. The van der Waals surface area contributed by atoms with Crippen LogP contribution >= 0.6 is 11.3 Å². The fourth-order valence-corrected chi connectivity index (χ4v) is 2.56. The molecule has 0 saturated carbocycles. The number of nitrogens with one attached hydrogen (secondary N) is 1. The molecule has 2 rings (SSSR count). The molecule has 2 nitrogen and oxygen atoms in total. The van der Waals surface area contributed by atoms with Gasteiger partial charge in [0, 0.05) is 0 Å². The van der Waals surface area contributed by atoms with E-state index in [9.17, 15) is 0 Å². The number of benzene rings is 1. The Morgan fingerprint density at radius 3 is 2.69 bits per heavy atom. The van der Waals surface area contributed by atoms with E-state index in [1.165, 1.54) is 22.3 Å². The Bertz CT molecular complexity index is 463. The van der Waals surface area contributed by atoms with E-state index in [4.69, 9.17) is 5.84 Å². The van der Waals surface area contributed by atoms with E-state index in [0.29, 0.717) is 0 Å². The van der Waals surface area contributed by atoms with Crippen molar-refractivity contribution in [2.75, 3.05) is 0 Å². The van der Waals surface area contributed by atoms with Gasteiger partial charge in [0.05, 0.1) is 6.04 Å². The number of nitrogens with two attached hydrogens (primary N) is 1. The highest BCUT2D eigenvalue weighted by molar-refractivity contribution is 7.08. The molecule has 2 aromatic rings. The van der Waals surface area contributed by atoms with E-state index in [-0.39, 0.29) is 6.04 Å². The maximum Gasteiger partial charge on any atom is 0.0720 e. The van der Waals surface area contributed by atoms with Gasteiger partial charge in [-0.2, -0.15) is 11.3 Å². The lowest BCUT2D eigenvalue weighted by Gasteiger charge is -2.18. The molecule has 0 spiro atoms. The molecule has 0 aliphatic heterocycles. The van der Waals surface area contributed by atoms with Gasteiger partial charge in [0.1, 0.15) is 0 Å². The van der Waals surface area contributed by atoms with E-state index in [0.717, 1.165) is 0 Å². The summed E-state index contributed by atoms with van der Waals surface area (Å²) in [6.07, 6.45) is 0. The SMILES string of the molecule is Cc1ccc(C)c(C(NN)c2ccsc2)c1. The number of hydrogen-bond donors (Lipinski definition) is 2. The zero-order chi connectivity index (χ0) is 11.5. The van der Waals surface area contributed by atoms with Gasteiger partial charge in [0.2, 0.25) is 0 Å². The van der Waals surface area contributed by atoms with Gasteiger partial charge in [0.15, 0.2) is 0 Å². The molecule has 1 atom stereocenters. The second-order valence-corrected chi connectivity index (χ2v) is 4.80. The van der Waals surface area contributed by atoms with Gasteiger partial charge in [-0.05, 0) is 47.4 Å². The van der Waals surface area contributed by atoms with Crippen LogP contribution in [-0.2, 0) is 0 Å². The van der Waals surface area contributed by atoms with Crippen LogP contribution in [-0.4, -0.2) is 0 Å². The molecule has 0 aliphatic carbocycles. The van der Waals surface area contributed by atoms with Crippen LogP contribution < -0.4 is 11.3 Å². The second-order valence-electron chi connectivity index (χ2n) is 4.02. The Balaban J connectivity index is 2.44. The second kappa shape index (κ2) is 4.78. The molecule has 0 radical (unpaired) electrons.